The second-order valence-electron chi connectivity index (χ2n) is 11.0. The number of rotatable bonds is 11. The molecule has 0 N–H and O–H groups in total. The Balaban J connectivity index is 0.00000161. The van der Waals surface area contributed by atoms with Gasteiger partial charge in [-0.05, 0) is 80.2 Å². The number of carbonyl (C=O) groups is 4. The maximum atomic E-state index is 13.4. The minimum Gasteiger partial charge on any atom is -0.300 e. The Morgan fingerprint density at radius 2 is 1.66 bits per heavy atom. The van der Waals surface area contributed by atoms with Crippen LogP contribution in [0.15, 0.2) is 36.4 Å². The van der Waals surface area contributed by atoms with Crippen LogP contribution in [0.3, 0.4) is 0 Å². The van der Waals surface area contributed by atoms with Gasteiger partial charge in [0, 0.05) is 23.5 Å². The third-order valence-electron chi connectivity index (χ3n) is 7.49. The minimum atomic E-state index is -0.139. The summed E-state index contributed by atoms with van der Waals surface area (Å²) in [4.78, 5) is 49.8. The zero-order chi connectivity index (χ0) is 28.4. The first-order valence-electron chi connectivity index (χ1n) is 14.4. The van der Waals surface area contributed by atoms with E-state index in [1.165, 1.54) is 13.3 Å². The first-order valence-corrected chi connectivity index (χ1v) is 14.4. The van der Waals surface area contributed by atoms with Crippen LogP contribution in [-0.4, -0.2) is 23.1 Å². The molecule has 2 aromatic carbocycles. The molecule has 38 heavy (non-hydrogen) atoms. The molecule has 4 heteroatoms. The third kappa shape index (κ3) is 8.06. The molecule has 4 nitrogen and oxygen atoms in total. The van der Waals surface area contributed by atoms with Gasteiger partial charge in [0.2, 0.25) is 0 Å². The minimum absolute atomic E-state index is 0.000976. The molecule has 0 saturated heterocycles. The molecule has 3 rings (SSSR count). The summed E-state index contributed by atoms with van der Waals surface area (Å²) in [6.07, 6.45) is 5.93. The van der Waals surface area contributed by atoms with E-state index in [1.807, 2.05) is 44.2 Å². The summed E-state index contributed by atoms with van der Waals surface area (Å²) in [6.45, 7) is 13.4. The van der Waals surface area contributed by atoms with Gasteiger partial charge in [-0.1, -0.05) is 77.3 Å². The van der Waals surface area contributed by atoms with E-state index in [0.717, 1.165) is 59.9 Å². The Kier molecular flexibility index (Phi) is 12.3. The van der Waals surface area contributed by atoms with Crippen molar-refractivity contribution in [2.45, 2.75) is 99.8 Å². The smallest absolute Gasteiger partial charge is 0.163 e. The Bertz CT molecular complexity index is 1140. The first kappa shape index (κ1) is 31.3. The van der Waals surface area contributed by atoms with Crippen LogP contribution in [-0.2, 0) is 16.0 Å². The normalized spacial score (nSPS) is 16.1. The Morgan fingerprint density at radius 1 is 0.974 bits per heavy atom. The highest BCUT2D eigenvalue weighted by Crippen LogP contribution is 2.40. The quantitative estimate of drug-likeness (QED) is 0.221. The van der Waals surface area contributed by atoms with Gasteiger partial charge in [0.15, 0.2) is 11.6 Å². The number of ketones is 4. The largest absolute Gasteiger partial charge is 0.300 e. The van der Waals surface area contributed by atoms with Crippen LogP contribution in [0.2, 0.25) is 0 Å². The van der Waals surface area contributed by atoms with Gasteiger partial charge in [-0.25, -0.2) is 0 Å². The molecular formula is C34H46O4. The van der Waals surface area contributed by atoms with E-state index in [4.69, 9.17) is 0 Å². The van der Waals surface area contributed by atoms with E-state index in [9.17, 15) is 19.2 Å². The van der Waals surface area contributed by atoms with Crippen molar-refractivity contribution in [2.75, 3.05) is 0 Å². The highest BCUT2D eigenvalue weighted by Gasteiger charge is 2.34. The van der Waals surface area contributed by atoms with Gasteiger partial charge in [-0.3, -0.25) is 19.2 Å². The summed E-state index contributed by atoms with van der Waals surface area (Å²) >= 11 is 0. The summed E-state index contributed by atoms with van der Waals surface area (Å²) < 4.78 is 0. The molecule has 1 aliphatic carbocycles. The highest BCUT2D eigenvalue weighted by molar-refractivity contribution is 6.02. The fourth-order valence-corrected chi connectivity index (χ4v) is 5.92. The van der Waals surface area contributed by atoms with Crippen molar-refractivity contribution < 1.29 is 19.2 Å². The van der Waals surface area contributed by atoms with Crippen LogP contribution in [0.4, 0.5) is 0 Å². The molecule has 0 bridgehead atoms. The summed E-state index contributed by atoms with van der Waals surface area (Å²) in [5.41, 5.74) is 5.49. The van der Waals surface area contributed by atoms with Gasteiger partial charge in [0.1, 0.15) is 11.6 Å². The molecular weight excluding hydrogens is 472 g/mol. The van der Waals surface area contributed by atoms with Crippen LogP contribution < -0.4 is 0 Å². The zero-order valence-electron chi connectivity index (χ0n) is 24.5. The van der Waals surface area contributed by atoms with Gasteiger partial charge < -0.3 is 0 Å². The Morgan fingerprint density at radius 3 is 2.24 bits per heavy atom. The molecule has 0 aromatic heterocycles. The number of benzene rings is 2. The molecule has 206 valence electrons. The number of hydrogen-bond donors (Lipinski definition) is 0. The zero-order valence-corrected chi connectivity index (χ0v) is 24.5. The predicted octanol–water partition coefficient (Wildman–Crippen LogP) is 8.41. The SMILES string of the molecule is CCC.CCCC(CC1CC(=O)c2c(C)ccc(-c3cccc(C(C)=O)c3)c2C1)C(CC)C(=O)CC(C)=O. The van der Waals surface area contributed by atoms with Crippen molar-refractivity contribution in [3.8, 4) is 11.1 Å². The molecule has 0 heterocycles. The van der Waals surface area contributed by atoms with E-state index < -0.39 is 0 Å². The van der Waals surface area contributed by atoms with Crippen molar-refractivity contribution in [1.82, 2.24) is 0 Å². The van der Waals surface area contributed by atoms with Gasteiger partial charge in [-0.15, -0.1) is 0 Å². The van der Waals surface area contributed by atoms with Crippen molar-refractivity contribution in [3.63, 3.8) is 0 Å². The van der Waals surface area contributed by atoms with Crippen molar-refractivity contribution in [1.29, 1.82) is 0 Å². The number of carbonyl (C=O) groups excluding carboxylic acids is 4. The van der Waals surface area contributed by atoms with E-state index in [1.54, 1.807) is 6.92 Å². The van der Waals surface area contributed by atoms with Crippen LogP contribution in [0.25, 0.3) is 11.1 Å². The first-order chi connectivity index (χ1) is 18.1. The molecule has 3 atom stereocenters. The van der Waals surface area contributed by atoms with Gasteiger partial charge in [-0.2, -0.15) is 0 Å². The van der Waals surface area contributed by atoms with E-state index in [2.05, 4.69) is 26.8 Å². The van der Waals surface area contributed by atoms with Crippen LogP contribution >= 0.6 is 0 Å². The van der Waals surface area contributed by atoms with Crippen LogP contribution in [0, 0.1) is 24.7 Å². The monoisotopic (exact) mass is 518 g/mol. The highest BCUT2D eigenvalue weighted by atomic mass is 16.1. The topological polar surface area (TPSA) is 68.3 Å². The Labute approximate surface area is 229 Å². The van der Waals surface area contributed by atoms with Crippen molar-refractivity contribution in [3.05, 3.63) is 58.7 Å². The lowest BCUT2D eigenvalue weighted by atomic mass is 9.71. The Hall–Kier alpha value is -2.88. The van der Waals surface area contributed by atoms with Crippen molar-refractivity contribution >= 4 is 23.1 Å². The maximum absolute atomic E-state index is 13.4. The average Bonchev–Trinajstić information content (AvgIpc) is 2.84. The predicted molar refractivity (Wildman–Crippen MR) is 156 cm³/mol. The fourth-order valence-electron chi connectivity index (χ4n) is 5.92. The second kappa shape index (κ2) is 14.9. The van der Waals surface area contributed by atoms with Gasteiger partial charge in [0.25, 0.3) is 0 Å². The number of fused-ring (bicyclic) bond motifs is 1. The van der Waals surface area contributed by atoms with E-state index in [-0.39, 0.29) is 47.3 Å². The summed E-state index contributed by atoms with van der Waals surface area (Å²) in [5.74, 6) is 0.325. The number of Topliss-reactive ketones (excluding diaryl/α,β-unsaturated/α-hetero) is 4. The van der Waals surface area contributed by atoms with Gasteiger partial charge in [0.05, 0.1) is 6.42 Å². The lowest BCUT2D eigenvalue weighted by molar-refractivity contribution is -0.129. The molecule has 0 amide bonds. The standard InChI is InChI=1S/C31H38O4.C3H8/c1-6-9-24(26(7-2)29(34)14-20(4)32)15-22-16-28-27(13-12-19(3)31(28)30(35)17-22)25-11-8-10-23(18-25)21(5)33;1-3-2/h8,10-13,18,22,24,26H,6-7,9,14-17H2,1-5H3;3H2,1-2H3. The van der Waals surface area contributed by atoms with Crippen LogP contribution in [0.1, 0.15) is 118 Å². The maximum Gasteiger partial charge on any atom is 0.163 e. The molecule has 2 aromatic rings. The number of aryl methyl sites for hydroxylation is 1. The number of hydrogen-bond acceptors (Lipinski definition) is 4. The second-order valence-corrected chi connectivity index (χ2v) is 11.0. The summed E-state index contributed by atoms with van der Waals surface area (Å²) in [7, 11) is 0. The lowest BCUT2D eigenvalue weighted by Crippen LogP contribution is -2.30. The summed E-state index contributed by atoms with van der Waals surface area (Å²) in [5, 5.41) is 0. The van der Waals surface area contributed by atoms with Crippen LogP contribution in [0.5, 0.6) is 0 Å². The lowest BCUT2D eigenvalue weighted by Gasteiger charge is -2.32. The molecule has 0 fully saturated rings. The average molecular weight is 519 g/mol. The third-order valence-corrected chi connectivity index (χ3v) is 7.49. The molecule has 0 spiro atoms. The summed E-state index contributed by atoms with van der Waals surface area (Å²) in [6, 6.07) is 11.7. The van der Waals surface area contributed by atoms with Crippen molar-refractivity contribution in [2.24, 2.45) is 17.8 Å². The van der Waals surface area contributed by atoms with E-state index >= 15 is 0 Å². The molecule has 3 unspecified atom stereocenters. The molecule has 0 aliphatic heterocycles. The van der Waals surface area contributed by atoms with Gasteiger partial charge >= 0.3 is 0 Å². The fraction of sp³-hybridized carbons (Fsp3) is 0.529. The molecule has 1 aliphatic rings. The van der Waals surface area contributed by atoms with E-state index in [0.29, 0.717) is 12.0 Å². The molecule has 0 saturated carbocycles. The molecule has 0 radical (unpaired) electrons.